The van der Waals surface area contributed by atoms with Crippen molar-refractivity contribution < 1.29 is 13.2 Å². The van der Waals surface area contributed by atoms with Crippen LogP contribution >= 0.6 is 12.2 Å². The second kappa shape index (κ2) is 7.03. The molecule has 0 spiro atoms. The van der Waals surface area contributed by atoms with Gasteiger partial charge in [0.05, 0.1) is 0 Å². The van der Waals surface area contributed by atoms with Crippen LogP contribution in [0.15, 0.2) is 36.5 Å². The van der Waals surface area contributed by atoms with E-state index in [9.17, 15) is 13.2 Å². The Morgan fingerprint density at radius 3 is 2.62 bits per heavy atom. The molecule has 21 heavy (non-hydrogen) atoms. The Hall–Kier alpha value is -2.15. The fourth-order valence-corrected chi connectivity index (χ4v) is 1.87. The summed E-state index contributed by atoms with van der Waals surface area (Å²) < 4.78 is 39.3. The van der Waals surface area contributed by atoms with E-state index in [-0.39, 0.29) is 18.5 Å². The van der Waals surface area contributed by atoms with Gasteiger partial charge in [0.25, 0.3) is 0 Å². The normalized spacial score (nSPS) is 10.2. The van der Waals surface area contributed by atoms with Crippen LogP contribution in [-0.4, -0.2) is 16.6 Å². The van der Waals surface area contributed by atoms with Crippen LogP contribution < -0.4 is 10.6 Å². The number of rotatable bonds is 4. The lowest BCUT2D eigenvalue weighted by Gasteiger charge is -2.10. The second-order valence-electron chi connectivity index (χ2n) is 4.18. The van der Waals surface area contributed by atoms with Crippen LogP contribution in [0.3, 0.4) is 0 Å². The van der Waals surface area contributed by atoms with Gasteiger partial charge < -0.3 is 10.6 Å². The fourth-order valence-electron chi connectivity index (χ4n) is 1.67. The number of anilines is 1. The fraction of sp³-hybridized carbons (Fsp3) is 0.143. The van der Waals surface area contributed by atoms with Crippen LogP contribution in [0.25, 0.3) is 0 Å². The van der Waals surface area contributed by atoms with Gasteiger partial charge in [-0.15, -0.1) is 0 Å². The smallest absolute Gasteiger partial charge is 0.194 e. The van der Waals surface area contributed by atoms with Gasteiger partial charge in [0.2, 0.25) is 0 Å². The maximum Gasteiger partial charge on any atom is 0.194 e. The Balaban J connectivity index is 1.84. The molecule has 0 fully saturated rings. The third kappa shape index (κ3) is 4.16. The molecule has 110 valence electrons. The molecule has 2 rings (SSSR count). The lowest BCUT2D eigenvalue weighted by molar-refractivity contribution is 0.441. The lowest BCUT2D eigenvalue weighted by atomic mass is 10.1. The minimum absolute atomic E-state index is 0.0852. The maximum atomic E-state index is 13.4. The standard InChI is InChI=1S/C14H12F3N3S/c15-10-5-4-9(12(16)13(10)17)6-8-19-14(21)20-11-3-1-2-7-18-11/h1-5,7H,6,8H2,(H2,18,19,20,21). The molecule has 0 unspecified atom stereocenters. The van der Waals surface area contributed by atoms with E-state index >= 15 is 0 Å². The number of halogens is 3. The molecule has 1 aromatic carbocycles. The van der Waals surface area contributed by atoms with E-state index in [0.717, 1.165) is 6.07 Å². The molecule has 0 saturated carbocycles. The highest BCUT2D eigenvalue weighted by molar-refractivity contribution is 7.80. The first kappa shape index (κ1) is 15.2. The molecule has 2 N–H and O–H groups in total. The molecule has 2 aromatic rings. The lowest BCUT2D eigenvalue weighted by Crippen LogP contribution is -2.30. The second-order valence-corrected chi connectivity index (χ2v) is 4.59. The Morgan fingerprint density at radius 1 is 1.10 bits per heavy atom. The molecule has 0 amide bonds. The number of nitrogens with one attached hydrogen (secondary N) is 2. The number of nitrogens with zero attached hydrogens (tertiary/aromatic N) is 1. The first-order valence-corrected chi connectivity index (χ1v) is 6.57. The molecule has 1 heterocycles. The summed E-state index contributed by atoms with van der Waals surface area (Å²) in [5.41, 5.74) is 0.0852. The molecule has 0 atom stereocenters. The van der Waals surface area contributed by atoms with Gasteiger partial charge >= 0.3 is 0 Å². The van der Waals surface area contributed by atoms with E-state index in [0.29, 0.717) is 10.9 Å². The zero-order valence-corrected chi connectivity index (χ0v) is 11.7. The number of hydrogen-bond acceptors (Lipinski definition) is 2. The molecule has 0 aliphatic carbocycles. The van der Waals surface area contributed by atoms with E-state index in [4.69, 9.17) is 12.2 Å². The summed E-state index contributed by atoms with van der Waals surface area (Å²) in [6.07, 6.45) is 1.79. The Kier molecular flexibility index (Phi) is 5.10. The first-order chi connectivity index (χ1) is 10.1. The van der Waals surface area contributed by atoms with Crippen LogP contribution in [0.4, 0.5) is 19.0 Å². The van der Waals surface area contributed by atoms with Gasteiger partial charge in [-0.25, -0.2) is 18.2 Å². The van der Waals surface area contributed by atoms with Crippen LogP contribution in [0.2, 0.25) is 0 Å². The van der Waals surface area contributed by atoms with Crippen molar-refractivity contribution in [2.45, 2.75) is 6.42 Å². The summed E-state index contributed by atoms with van der Waals surface area (Å²) in [7, 11) is 0. The minimum Gasteiger partial charge on any atom is -0.362 e. The van der Waals surface area contributed by atoms with E-state index < -0.39 is 17.5 Å². The highest BCUT2D eigenvalue weighted by atomic mass is 32.1. The summed E-state index contributed by atoms with van der Waals surface area (Å²) in [4.78, 5) is 4.03. The van der Waals surface area contributed by atoms with Crippen molar-refractivity contribution in [2.24, 2.45) is 0 Å². The van der Waals surface area contributed by atoms with E-state index in [1.807, 2.05) is 0 Å². The number of aromatic nitrogens is 1. The van der Waals surface area contributed by atoms with Crippen molar-refractivity contribution in [1.29, 1.82) is 0 Å². The SMILES string of the molecule is Fc1ccc(CCNC(=S)Nc2ccccn2)c(F)c1F. The molecule has 7 heteroatoms. The van der Waals surface area contributed by atoms with E-state index in [2.05, 4.69) is 15.6 Å². The van der Waals surface area contributed by atoms with Crippen molar-refractivity contribution in [3.8, 4) is 0 Å². The average molecular weight is 311 g/mol. The molecule has 0 bridgehead atoms. The zero-order chi connectivity index (χ0) is 15.2. The van der Waals surface area contributed by atoms with Crippen molar-refractivity contribution in [3.05, 3.63) is 59.5 Å². The first-order valence-electron chi connectivity index (χ1n) is 6.16. The predicted octanol–water partition coefficient (Wildman–Crippen LogP) is 3.03. The molecule has 0 radical (unpaired) electrons. The molecule has 0 aliphatic rings. The van der Waals surface area contributed by atoms with Crippen molar-refractivity contribution in [3.63, 3.8) is 0 Å². The molecule has 1 aromatic heterocycles. The predicted molar refractivity (Wildman–Crippen MR) is 78.5 cm³/mol. The topological polar surface area (TPSA) is 37.0 Å². The maximum absolute atomic E-state index is 13.4. The van der Waals surface area contributed by atoms with Crippen LogP contribution in [-0.2, 0) is 6.42 Å². The highest BCUT2D eigenvalue weighted by Crippen LogP contribution is 2.15. The van der Waals surface area contributed by atoms with Crippen molar-refractivity contribution >= 4 is 23.1 Å². The van der Waals surface area contributed by atoms with Crippen LogP contribution in [0.5, 0.6) is 0 Å². The van der Waals surface area contributed by atoms with Crippen molar-refractivity contribution in [1.82, 2.24) is 10.3 Å². The van der Waals surface area contributed by atoms with Gasteiger partial charge in [0.15, 0.2) is 22.6 Å². The highest BCUT2D eigenvalue weighted by Gasteiger charge is 2.12. The number of benzene rings is 1. The van der Waals surface area contributed by atoms with Gasteiger partial charge in [0.1, 0.15) is 5.82 Å². The molecular formula is C14H12F3N3S. The molecule has 0 saturated heterocycles. The average Bonchev–Trinajstić information content (AvgIpc) is 2.48. The quantitative estimate of drug-likeness (QED) is 0.672. The van der Waals surface area contributed by atoms with Crippen LogP contribution in [0.1, 0.15) is 5.56 Å². The minimum atomic E-state index is -1.46. The van der Waals surface area contributed by atoms with Crippen molar-refractivity contribution in [2.75, 3.05) is 11.9 Å². The number of pyridine rings is 1. The largest absolute Gasteiger partial charge is 0.362 e. The summed E-state index contributed by atoms with van der Waals surface area (Å²) in [5.74, 6) is -3.24. The summed E-state index contributed by atoms with van der Waals surface area (Å²) in [5, 5.41) is 6.00. The van der Waals surface area contributed by atoms with Crippen LogP contribution in [0, 0.1) is 17.5 Å². The van der Waals surface area contributed by atoms with Gasteiger partial charge in [-0.3, -0.25) is 0 Å². The van der Waals surface area contributed by atoms with Gasteiger partial charge in [-0.2, -0.15) is 0 Å². The zero-order valence-electron chi connectivity index (χ0n) is 10.9. The van der Waals surface area contributed by atoms with Gasteiger partial charge in [0, 0.05) is 12.7 Å². The van der Waals surface area contributed by atoms with Gasteiger partial charge in [-0.1, -0.05) is 12.1 Å². The Morgan fingerprint density at radius 2 is 1.90 bits per heavy atom. The van der Waals surface area contributed by atoms with E-state index in [1.165, 1.54) is 6.07 Å². The molecule has 3 nitrogen and oxygen atoms in total. The van der Waals surface area contributed by atoms with Gasteiger partial charge in [-0.05, 0) is 42.4 Å². The third-order valence-corrected chi connectivity index (χ3v) is 2.95. The molecule has 0 aliphatic heterocycles. The number of thiocarbonyl (C=S) groups is 1. The third-order valence-electron chi connectivity index (χ3n) is 2.70. The van der Waals surface area contributed by atoms with E-state index in [1.54, 1.807) is 24.4 Å². The summed E-state index contributed by atoms with van der Waals surface area (Å²) >= 11 is 5.04. The molecular weight excluding hydrogens is 299 g/mol. The summed E-state index contributed by atoms with van der Waals surface area (Å²) in [6.45, 7) is 0.278. The summed E-state index contributed by atoms with van der Waals surface area (Å²) in [6, 6.07) is 7.42. The Bertz CT molecular complexity index is 635. The number of hydrogen-bond donors (Lipinski definition) is 2. The Labute approximate surface area is 125 Å². The monoisotopic (exact) mass is 311 g/mol.